The molecule has 1 N–H and O–H groups in total. The molecule has 0 amide bonds. The third-order valence-corrected chi connectivity index (χ3v) is 4.90. The van der Waals surface area contributed by atoms with Gasteiger partial charge >= 0.3 is 29.0 Å². The van der Waals surface area contributed by atoms with E-state index in [2.05, 4.69) is 0 Å². The molecule has 1 atom stereocenters. The first-order chi connectivity index (χ1) is 5.79. The average molecular weight is 233 g/mol. The third kappa shape index (κ3) is 6.94. The number of aliphatic carboxylic acids is 1. The van der Waals surface area contributed by atoms with Crippen molar-refractivity contribution < 1.29 is 9.90 Å². The van der Waals surface area contributed by atoms with Crippen molar-refractivity contribution in [3.05, 3.63) is 0 Å². The molecule has 1 heterocycles. The summed E-state index contributed by atoms with van der Waals surface area (Å²) in [4.78, 5) is 10.2. The molecule has 74 valence electrons. The van der Waals surface area contributed by atoms with Gasteiger partial charge < -0.3 is 5.11 Å². The number of unbranched alkanes of at least 4 members (excludes halogenated alkanes) is 1. The maximum atomic E-state index is 10.2. The zero-order chi connectivity index (χ0) is 8.81. The molecular formula is C8H16MgO2S2. The molecule has 0 aromatic rings. The highest BCUT2D eigenvalue weighted by Crippen LogP contribution is 2.39. The Labute approximate surface area is 103 Å². The van der Waals surface area contributed by atoms with Gasteiger partial charge in [-0.3, -0.25) is 4.79 Å². The van der Waals surface area contributed by atoms with Gasteiger partial charge in [0.15, 0.2) is 0 Å². The largest absolute Gasteiger partial charge is 0.481 e. The highest BCUT2D eigenvalue weighted by Gasteiger charge is 2.15. The lowest BCUT2D eigenvalue weighted by Gasteiger charge is -2.04. The number of carboxylic acids is 1. The Bertz CT molecular complexity index is 149. The van der Waals surface area contributed by atoms with E-state index in [9.17, 15) is 4.79 Å². The fourth-order valence-electron chi connectivity index (χ4n) is 1.21. The first kappa shape index (κ1) is 13.9. The molecule has 0 aromatic heterocycles. The van der Waals surface area contributed by atoms with Crippen LogP contribution >= 0.6 is 21.6 Å². The van der Waals surface area contributed by atoms with Crippen LogP contribution in [0.5, 0.6) is 0 Å². The van der Waals surface area contributed by atoms with Gasteiger partial charge in [0.05, 0.1) is 0 Å². The molecule has 1 aliphatic heterocycles. The smallest absolute Gasteiger partial charge is 0.316 e. The fraction of sp³-hybridized carbons (Fsp3) is 0.875. The Hall–Kier alpha value is 0.936. The Balaban J connectivity index is 0.00000144. The van der Waals surface area contributed by atoms with Gasteiger partial charge in [0, 0.05) is 17.4 Å². The summed E-state index contributed by atoms with van der Waals surface area (Å²) in [5.74, 6) is 0.609. The van der Waals surface area contributed by atoms with Crippen molar-refractivity contribution in [3.8, 4) is 0 Å². The lowest BCUT2D eigenvalue weighted by molar-refractivity contribution is -0.137. The van der Waals surface area contributed by atoms with E-state index in [0.29, 0.717) is 6.42 Å². The van der Waals surface area contributed by atoms with Gasteiger partial charge in [0.25, 0.3) is 0 Å². The Morgan fingerprint density at radius 3 is 2.77 bits per heavy atom. The van der Waals surface area contributed by atoms with E-state index in [0.717, 1.165) is 18.1 Å². The van der Waals surface area contributed by atoms with Gasteiger partial charge in [-0.2, -0.15) is 0 Å². The number of carbonyl (C=O) groups is 1. The fourth-order valence-corrected chi connectivity index (χ4v) is 4.24. The Morgan fingerprint density at radius 1 is 1.46 bits per heavy atom. The van der Waals surface area contributed by atoms with Crippen molar-refractivity contribution in [2.45, 2.75) is 37.4 Å². The summed E-state index contributed by atoms with van der Waals surface area (Å²) in [5.41, 5.74) is 0. The van der Waals surface area contributed by atoms with Gasteiger partial charge in [-0.1, -0.05) is 28.0 Å². The molecule has 0 spiro atoms. The first-order valence-corrected chi connectivity index (χ1v) is 6.67. The number of hydrogen-bond donors (Lipinski definition) is 1. The number of hydrogen-bond acceptors (Lipinski definition) is 3. The average Bonchev–Trinajstić information content (AvgIpc) is 2.49. The van der Waals surface area contributed by atoms with Gasteiger partial charge in [-0.25, -0.2) is 0 Å². The van der Waals surface area contributed by atoms with Crippen molar-refractivity contribution in [1.82, 2.24) is 0 Å². The van der Waals surface area contributed by atoms with Crippen LogP contribution in [0.25, 0.3) is 0 Å². The highest BCUT2D eigenvalue weighted by atomic mass is 33.1. The first-order valence-electron chi connectivity index (χ1n) is 4.29. The molecular weight excluding hydrogens is 217 g/mol. The van der Waals surface area contributed by atoms with E-state index >= 15 is 0 Å². The van der Waals surface area contributed by atoms with Crippen LogP contribution in [0.3, 0.4) is 0 Å². The zero-order valence-electron chi connectivity index (χ0n) is 6.99. The molecule has 1 saturated heterocycles. The molecule has 1 rings (SSSR count). The molecule has 2 nitrogen and oxygen atoms in total. The molecule has 0 saturated carbocycles. The summed E-state index contributed by atoms with van der Waals surface area (Å²) in [6.07, 6.45) is 4.76. The zero-order valence-corrected chi connectivity index (χ0v) is 8.62. The van der Waals surface area contributed by atoms with Crippen LogP contribution < -0.4 is 0 Å². The molecule has 1 aliphatic rings. The van der Waals surface area contributed by atoms with Crippen LogP contribution in [0, 0.1) is 0 Å². The van der Waals surface area contributed by atoms with Crippen molar-refractivity contribution >= 4 is 50.6 Å². The minimum atomic E-state index is -0.663. The minimum Gasteiger partial charge on any atom is -0.481 e. The molecule has 5 heteroatoms. The standard InChI is InChI=1S/C8H14O2S2.Mg.2H/c9-8(10)4-2-1-3-7-5-6-11-12-7;;;/h7H,1-6H2,(H,9,10);;;. The van der Waals surface area contributed by atoms with Crippen molar-refractivity contribution in [2.24, 2.45) is 0 Å². The second kappa shape index (κ2) is 8.26. The van der Waals surface area contributed by atoms with Crippen LogP contribution in [-0.4, -0.2) is 45.1 Å². The van der Waals surface area contributed by atoms with E-state index in [1.165, 1.54) is 18.6 Å². The second-order valence-electron chi connectivity index (χ2n) is 2.97. The molecule has 1 fully saturated rings. The second-order valence-corrected chi connectivity index (χ2v) is 5.76. The molecule has 13 heavy (non-hydrogen) atoms. The lowest BCUT2D eigenvalue weighted by Crippen LogP contribution is -1.99. The molecule has 0 aliphatic carbocycles. The lowest BCUT2D eigenvalue weighted by atomic mass is 10.1. The molecule has 0 bridgehead atoms. The minimum absolute atomic E-state index is 0. The maximum absolute atomic E-state index is 10.2. The van der Waals surface area contributed by atoms with E-state index in [4.69, 9.17) is 5.11 Å². The summed E-state index contributed by atoms with van der Waals surface area (Å²) in [6.45, 7) is 0. The van der Waals surface area contributed by atoms with Crippen LogP contribution in [0.15, 0.2) is 0 Å². The quantitative estimate of drug-likeness (QED) is 0.446. The van der Waals surface area contributed by atoms with E-state index in [1.807, 2.05) is 21.6 Å². The van der Waals surface area contributed by atoms with E-state index in [-0.39, 0.29) is 23.1 Å². The van der Waals surface area contributed by atoms with Crippen LogP contribution in [0.4, 0.5) is 0 Å². The van der Waals surface area contributed by atoms with E-state index in [1.54, 1.807) is 0 Å². The number of carboxylic acid groups (broad SMARTS) is 1. The summed E-state index contributed by atoms with van der Waals surface area (Å²) in [6, 6.07) is 0. The maximum Gasteiger partial charge on any atom is 0.316 e. The SMILES string of the molecule is O=C(O)CCCCC1CCSS1.[MgH2]. The predicted molar refractivity (Wildman–Crippen MR) is 63.1 cm³/mol. The predicted octanol–water partition coefficient (Wildman–Crippen LogP) is 1.87. The Kier molecular flexibility index (Phi) is 8.86. The number of rotatable bonds is 5. The van der Waals surface area contributed by atoms with Crippen molar-refractivity contribution in [2.75, 3.05) is 5.75 Å². The van der Waals surface area contributed by atoms with Gasteiger partial charge in [-0.15, -0.1) is 0 Å². The molecule has 0 aromatic carbocycles. The Morgan fingerprint density at radius 2 is 2.23 bits per heavy atom. The summed E-state index contributed by atoms with van der Waals surface area (Å²) < 4.78 is 0. The van der Waals surface area contributed by atoms with Crippen LogP contribution in [0.2, 0.25) is 0 Å². The van der Waals surface area contributed by atoms with Crippen LogP contribution in [0.1, 0.15) is 32.1 Å². The van der Waals surface area contributed by atoms with Gasteiger partial charge in [0.2, 0.25) is 0 Å². The third-order valence-electron chi connectivity index (χ3n) is 1.89. The summed E-state index contributed by atoms with van der Waals surface area (Å²) in [5, 5.41) is 9.19. The van der Waals surface area contributed by atoms with Crippen molar-refractivity contribution in [3.63, 3.8) is 0 Å². The molecule has 0 radical (unpaired) electrons. The normalized spacial score (nSPS) is 21.1. The molecule has 1 unspecified atom stereocenters. The van der Waals surface area contributed by atoms with Crippen molar-refractivity contribution in [1.29, 1.82) is 0 Å². The highest BCUT2D eigenvalue weighted by molar-refractivity contribution is 8.77. The summed E-state index contributed by atoms with van der Waals surface area (Å²) >= 11 is 0. The monoisotopic (exact) mass is 232 g/mol. The van der Waals surface area contributed by atoms with Gasteiger partial charge in [-0.05, 0) is 19.3 Å². The van der Waals surface area contributed by atoms with Crippen LogP contribution in [-0.2, 0) is 4.79 Å². The van der Waals surface area contributed by atoms with E-state index < -0.39 is 5.97 Å². The summed E-state index contributed by atoms with van der Waals surface area (Å²) in [7, 11) is 3.92. The topological polar surface area (TPSA) is 37.3 Å². The van der Waals surface area contributed by atoms with Gasteiger partial charge in [0.1, 0.15) is 0 Å².